The smallest absolute Gasteiger partial charge is 0.252 e. The van der Waals surface area contributed by atoms with Crippen molar-refractivity contribution in [3.63, 3.8) is 0 Å². The molecule has 0 bridgehead atoms. The number of hydrogen-bond donors (Lipinski definition) is 0. The maximum absolute atomic E-state index is 12.9. The molecule has 3 aliphatic rings. The van der Waals surface area contributed by atoms with Crippen molar-refractivity contribution < 1.29 is 4.79 Å². The summed E-state index contributed by atoms with van der Waals surface area (Å²) in [7, 11) is 2.58. The van der Waals surface area contributed by atoms with Crippen molar-refractivity contribution in [1.82, 2.24) is 24.4 Å². The predicted molar refractivity (Wildman–Crippen MR) is 116 cm³/mol. The maximum Gasteiger partial charge on any atom is 0.252 e. The topological polar surface area (TPSA) is 66.1 Å². The van der Waals surface area contributed by atoms with Gasteiger partial charge in [-0.1, -0.05) is 8.58 Å². The second kappa shape index (κ2) is 7.15. The van der Waals surface area contributed by atoms with Gasteiger partial charge in [-0.05, 0) is 52.9 Å². The summed E-state index contributed by atoms with van der Waals surface area (Å²) in [4.78, 5) is 26.4. The second-order valence-corrected chi connectivity index (χ2v) is 9.55. The van der Waals surface area contributed by atoms with Gasteiger partial charge in [-0.3, -0.25) is 14.8 Å². The van der Waals surface area contributed by atoms with E-state index in [1.165, 1.54) is 0 Å². The van der Waals surface area contributed by atoms with Crippen LogP contribution in [0.1, 0.15) is 29.9 Å². The van der Waals surface area contributed by atoms with Gasteiger partial charge >= 0.3 is 0 Å². The zero-order valence-electron chi connectivity index (χ0n) is 17.0. The largest absolute Gasteiger partial charge is 0.306 e. The summed E-state index contributed by atoms with van der Waals surface area (Å²) in [5.41, 5.74) is 4.76. The molecule has 0 spiro atoms. The summed E-state index contributed by atoms with van der Waals surface area (Å²) in [6.07, 6.45) is 9.82. The number of fused-ring (bicyclic) bond motifs is 2. The molecule has 5 heterocycles. The second-order valence-electron chi connectivity index (χ2n) is 8.13. The number of piperidine rings is 1. The number of hydrogen-bond acceptors (Lipinski definition) is 5. The lowest BCUT2D eigenvalue weighted by molar-refractivity contribution is -0.123. The number of allylic oxidation sites excluding steroid dienone is 1. The Balaban J connectivity index is 1.41. The standard InChI is InChI=1S/C21H25N6OP/c1-13-11-27-18(14(2)23-13)8-16(24-27)19-9-20(28)26-12-17(22-10-21(26)29-19)15-4-6-25(3)7-5-15/h8-12,15,21,29H,4-7H2,1-3H3. The molecule has 3 aliphatic heterocycles. The molecule has 1 fully saturated rings. The number of aliphatic imine (C=N–C) groups is 1. The van der Waals surface area contributed by atoms with Crippen LogP contribution in [0.4, 0.5) is 0 Å². The first-order valence-corrected chi connectivity index (χ1v) is 11.1. The molecule has 1 amide bonds. The van der Waals surface area contributed by atoms with E-state index >= 15 is 0 Å². The number of rotatable bonds is 2. The van der Waals surface area contributed by atoms with Crippen molar-refractivity contribution >= 4 is 31.5 Å². The molecule has 8 heteroatoms. The Morgan fingerprint density at radius 2 is 2.00 bits per heavy atom. The SMILES string of the molecule is Cc1cn2nc(C3=CC(=O)N4C=C(C5CCN(C)CC5)N=CC4P3)cc2c(C)n1. The van der Waals surface area contributed by atoms with Crippen molar-refractivity contribution in [3.8, 4) is 0 Å². The third-order valence-corrected chi connectivity index (χ3v) is 7.37. The number of likely N-dealkylation sites (tertiary alicyclic amines) is 1. The van der Waals surface area contributed by atoms with Gasteiger partial charge in [-0.15, -0.1) is 0 Å². The number of aromatic nitrogens is 3. The Bertz CT molecular complexity index is 1080. The van der Waals surface area contributed by atoms with Crippen molar-refractivity contribution in [2.45, 2.75) is 32.5 Å². The number of carbonyl (C=O) groups is 1. The number of aryl methyl sites for hydroxylation is 2. The van der Waals surface area contributed by atoms with E-state index in [2.05, 4.69) is 16.9 Å². The van der Waals surface area contributed by atoms with E-state index < -0.39 is 0 Å². The third-order valence-electron chi connectivity index (χ3n) is 5.93. The highest BCUT2D eigenvalue weighted by Crippen LogP contribution is 2.43. The van der Waals surface area contributed by atoms with Gasteiger partial charge in [0.25, 0.3) is 5.91 Å². The summed E-state index contributed by atoms with van der Waals surface area (Å²) >= 11 is 0. The van der Waals surface area contributed by atoms with E-state index in [9.17, 15) is 4.79 Å². The highest BCUT2D eigenvalue weighted by atomic mass is 31.1. The molecule has 0 aliphatic carbocycles. The molecular weight excluding hydrogens is 383 g/mol. The lowest BCUT2D eigenvalue weighted by Gasteiger charge is -2.35. The molecule has 0 N–H and O–H groups in total. The Labute approximate surface area is 172 Å². The minimum absolute atomic E-state index is 0.0108. The first-order chi connectivity index (χ1) is 14.0. The van der Waals surface area contributed by atoms with E-state index in [-0.39, 0.29) is 11.7 Å². The minimum Gasteiger partial charge on any atom is -0.306 e. The Morgan fingerprint density at radius 1 is 1.21 bits per heavy atom. The van der Waals surface area contributed by atoms with Crippen molar-refractivity contribution in [3.05, 3.63) is 47.3 Å². The predicted octanol–water partition coefficient (Wildman–Crippen LogP) is 2.80. The van der Waals surface area contributed by atoms with Gasteiger partial charge in [0.05, 0.1) is 40.3 Å². The van der Waals surface area contributed by atoms with Crippen LogP contribution in [-0.2, 0) is 4.79 Å². The van der Waals surface area contributed by atoms with Gasteiger partial charge in [0.1, 0.15) is 0 Å². The summed E-state index contributed by atoms with van der Waals surface area (Å²) in [5, 5.41) is 5.69. The third kappa shape index (κ3) is 3.43. The van der Waals surface area contributed by atoms with E-state index in [1.807, 2.05) is 47.9 Å². The lowest BCUT2D eigenvalue weighted by atomic mass is 9.94. The average Bonchev–Trinajstić information content (AvgIpc) is 3.13. The van der Waals surface area contributed by atoms with E-state index in [0.29, 0.717) is 14.5 Å². The average molecular weight is 408 g/mol. The van der Waals surface area contributed by atoms with Crippen LogP contribution < -0.4 is 0 Å². The molecular formula is C21H25N6OP. The molecule has 29 heavy (non-hydrogen) atoms. The van der Waals surface area contributed by atoms with Crippen molar-refractivity contribution in [2.24, 2.45) is 10.9 Å². The summed E-state index contributed by atoms with van der Waals surface area (Å²) in [5.74, 6) is 0.453. The van der Waals surface area contributed by atoms with Gasteiger partial charge in [0.15, 0.2) is 0 Å². The fourth-order valence-electron chi connectivity index (χ4n) is 4.28. The van der Waals surface area contributed by atoms with Gasteiger partial charge in [0, 0.05) is 29.7 Å². The van der Waals surface area contributed by atoms with Crippen LogP contribution in [0.3, 0.4) is 0 Å². The van der Waals surface area contributed by atoms with Crippen LogP contribution in [-0.4, -0.2) is 62.4 Å². The molecule has 150 valence electrons. The Morgan fingerprint density at radius 3 is 2.79 bits per heavy atom. The Hall–Kier alpha value is -2.37. The molecule has 2 aromatic rings. The number of carbonyl (C=O) groups excluding carboxylic acids is 1. The van der Waals surface area contributed by atoms with Gasteiger partial charge < -0.3 is 9.80 Å². The van der Waals surface area contributed by atoms with Crippen LogP contribution >= 0.6 is 8.58 Å². The maximum atomic E-state index is 12.9. The van der Waals surface area contributed by atoms with E-state index in [0.717, 1.165) is 59.5 Å². The van der Waals surface area contributed by atoms with Crippen LogP contribution in [0.2, 0.25) is 0 Å². The molecule has 7 nitrogen and oxygen atoms in total. The monoisotopic (exact) mass is 408 g/mol. The molecule has 0 saturated carbocycles. The van der Waals surface area contributed by atoms with Crippen LogP contribution in [0.15, 0.2) is 35.2 Å². The quantitative estimate of drug-likeness (QED) is 0.717. The van der Waals surface area contributed by atoms with Crippen LogP contribution in [0.5, 0.6) is 0 Å². The first-order valence-electron chi connectivity index (χ1n) is 10.1. The van der Waals surface area contributed by atoms with E-state index in [4.69, 9.17) is 10.1 Å². The molecule has 2 atom stereocenters. The van der Waals surface area contributed by atoms with Gasteiger partial charge in [-0.25, -0.2) is 4.52 Å². The summed E-state index contributed by atoms with van der Waals surface area (Å²) in [6.45, 7) is 6.12. The molecule has 0 radical (unpaired) electrons. The van der Waals surface area contributed by atoms with Crippen LogP contribution in [0.25, 0.3) is 10.8 Å². The van der Waals surface area contributed by atoms with Crippen molar-refractivity contribution in [1.29, 1.82) is 0 Å². The summed E-state index contributed by atoms with van der Waals surface area (Å²) < 4.78 is 1.86. The molecule has 5 rings (SSSR count). The highest BCUT2D eigenvalue weighted by molar-refractivity contribution is 7.52. The summed E-state index contributed by atoms with van der Waals surface area (Å²) in [6, 6.07) is 2.03. The normalized spacial score (nSPS) is 24.2. The van der Waals surface area contributed by atoms with Gasteiger partial charge in [-0.2, -0.15) is 5.10 Å². The number of nitrogens with zero attached hydrogens (tertiary/aromatic N) is 6. The molecule has 1 saturated heterocycles. The molecule has 0 aromatic carbocycles. The fourth-order valence-corrected chi connectivity index (χ4v) is 5.56. The Kier molecular flexibility index (Phi) is 4.60. The van der Waals surface area contributed by atoms with Gasteiger partial charge in [0.2, 0.25) is 0 Å². The minimum atomic E-state index is -0.0108. The first kappa shape index (κ1) is 18.6. The fraction of sp³-hybridized carbons (Fsp3) is 0.429. The zero-order chi connectivity index (χ0) is 20.1. The number of amides is 1. The lowest BCUT2D eigenvalue weighted by Crippen LogP contribution is -2.39. The van der Waals surface area contributed by atoms with E-state index in [1.54, 1.807) is 6.08 Å². The molecule has 2 unspecified atom stereocenters. The van der Waals surface area contributed by atoms with Crippen LogP contribution in [0, 0.1) is 19.8 Å². The highest BCUT2D eigenvalue weighted by Gasteiger charge is 2.32. The molecule has 2 aromatic heterocycles. The zero-order valence-corrected chi connectivity index (χ0v) is 18.0. The van der Waals surface area contributed by atoms with Crippen molar-refractivity contribution in [2.75, 3.05) is 20.1 Å².